The van der Waals surface area contributed by atoms with Gasteiger partial charge in [-0.3, -0.25) is 9.69 Å². The average Bonchev–Trinajstić information content (AvgIpc) is 3.10. The second kappa shape index (κ2) is 9.03. The van der Waals surface area contributed by atoms with E-state index < -0.39 is 5.97 Å². The van der Waals surface area contributed by atoms with Gasteiger partial charge in [0.05, 0.1) is 24.1 Å². The van der Waals surface area contributed by atoms with Gasteiger partial charge in [0.1, 0.15) is 11.0 Å². The normalized spacial score (nSPS) is 13.8. The standard InChI is InChI=1S/C22H24ClN5O3/c1-3-7-18-24-17-10-11-27(12-15(17)21(29)25-18)13-16-19(22(30)31-2)26-28(20(16)23)14-8-5-4-6-9-14/h4-6,8-9H,3,7,10-13H2,1-2H3,(H,24,25,29). The Balaban J connectivity index is 1.65. The first-order valence-corrected chi connectivity index (χ1v) is 10.6. The Labute approximate surface area is 184 Å². The van der Waals surface area contributed by atoms with Crippen LogP contribution in [0.15, 0.2) is 35.1 Å². The maximum Gasteiger partial charge on any atom is 0.358 e. The number of methoxy groups -OCH3 is 1. The molecule has 4 rings (SSSR count). The molecule has 0 radical (unpaired) electrons. The molecular weight excluding hydrogens is 418 g/mol. The van der Waals surface area contributed by atoms with Crippen LogP contribution in [0.3, 0.4) is 0 Å². The second-order valence-electron chi connectivity index (χ2n) is 7.51. The number of carbonyl (C=O) groups is 1. The summed E-state index contributed by atoms with van der Waals surface area (Å²) in [5.41, 5.74) is 2.91. The van der Waals surface area contributed by atoms with Crippen molar-refractivity contribution < 1.29 is 9.53 Å². The molecule has 0 fully saturated rings. The Hall–Kier alpha value is -2.97. The Bertz CT molecular complexity index is 1160. The zero-order valence-electron chi connectivity index (χ0n) is 17.5. The van der Waals surface area contributed by atoms with Crippen LogP contribution in [0.2, 0.25) is 5.15 Å². The molecule has 31 heavy (non-hydrogen) atoms. The summed E-state index contributed by atoms with van der Waals surface area (Å²) < 4.78 is 6.46. The molecule has 0 spiro atoms. The highest BCUT2D eigenvalue weighted by atomic mass is 35.5. The van der Waals surface area contributed by atoms with Crippen molar-refractivity contribution >= 4 is 17.6 Å². The minimum atomic E-state index is -0.548. The highest BCUT2D eigenvalue weighted by Gasteiger charge is 2.28. The third-order valence-electron chi connectivity index (χ3n) is 5.37. The number of nitrogens with one attached hydrogen (secondary N) is 1. The number of aryl methyl sites for hydroxylation is 1. The van der Waals surface area contributed by atoms with E-state index in [9.17, 15) is 9.59 Å². The quantitative estimate of drug-likeness (QED) is 0.591. The Kier molecular flexibility index (Phi) is 6.20. The van der Waals surface area contributed by atoms with Gasteiger partial charge in [-0.2, -0.15) is 5.10 Å². The van der Waals surface area contributed by atoms with Crippen LogP contribution >= 0.6 is 11.6 Å². The van der Waals surface area contributed by atoms with Crippen LogP contribution < -0.4 is 5.56 Å². The first-order chi connectivity index (χ1) is 15.0. The Morgan fingerprint density at radius 2 is 2.06 bits per heavy atom. The minimum Gasteiger partial charge on any atom is -0.464 e. The summed E-state index contributed by atoms with van der Waals surface area (Å²) >= 11 is 6.66. The first kappa shape index (κ1) is 21.3. The smallest absolute Gasteiger partial charge is 0.358 e. The number of benzene rings is 1. The van der Waals surface area contributed by atoms with Crippen molar-refractivity contribution in [3.05, 3.63) is 74.2 Å². The van der Waals surface area contributed by atoms with E-state index >= 15 is 0 Å². The molecule has 0 saturated heterocycles. The SMILES string of the molecule is CCCc1nc2c(c(=O)[nH]1)CN(Cc1c(C(=O)OC)nn(-c3ccccc3)c1Cl)CC2. The summed E-state index contributed by atoms with van der Waals surface area (Å²) in [4.78, 5) is 34.6. The lowest BCUT2D eigenvalue weighted by molar-refractivity contribution is 0.0591. The molecular formula is C22H24ClN5O3. The van der Waals surface area contributed by atoms with Crippen LogP contribution in [0.1, 0.15) is 46.5 Å². The number of esters is 1. The molecule has 0 unspecified atom stereocenters. The zero-order chi connectivity index (χ0) is 22.0. The van der Waals surface area contributed by atoms with E-state index in [1.54, 1.807) is 0 Å². The van der Waals surface area contributed by atoms with Crippen molar-refractivity contribution in [1.82, 2.24) is 24.6 Å². The highest BCUT2D eigenvalue weighted by Crippen LogP contribution is 2.27. The van der Waals surface area contributed by atoms with Crippen molar-refractivity contribution in [1.29, 1.82) is 0 Å². The van der Waals surface area contributed by atoms with Crippen molar-refractivity contribution in [2.75, 3.05) is 13.7 Å². The number of para-hydroxylation sites is 1. The molecule has 9 heteroatoms. The van der Waals surface area contributed by atoms with Crippen LogP contribution in [0.4, 0.5) is 0 Å². The maximum absolute atomic E-state index is 12.6. The Morgan fingerprint density at radius 3 is 2.77 bits per heavy atom. The van der Waals surface area contributed by atoms with Gasteiger partial charge in [-0.25, -0.2) is 14.5 Å². The number of fused-ring (bicyclic) bond motifs is 1. The van der Waals surface area contributed by atoms with Crippen molar-refractivity contribution in [3.8, 4) is 5.69 Å². The summed E-state index contributed by atoms with van der Waals surface area (Å²) in [6.45, 7) is 3.55. The number of hydrogen-bond donors (Lipinski definition) is 1. The topological polar surface area (TPSA) is 93.1 Å². The van der Waals surface area contributed by atoms with Gasteiger partial charge in [0.15, 0.2) is 5.69 Å². The third kappa shape index (κ3) is 4.26. The average molecular weight is 442 g/mol. The van der Waals surface area contributed by atoms with Crippen LogP contribution in [0.5, 0.6) is 0 Å². The molecule has 3 aromatic rings. The molecule has 0 bridgehead atoms. The number of aromatic nitrogens is 4. The summed E-state index contributed by atoms with van der Waals surface area (Å²) in [5.74, 6) is 0.188. The molecule has 1 aromatic carbocycles. The molecule has 3 heterocycles. The fourth-order valence-electron chi connectivity index (χ4n) is 3.82. The highest BCUT2D eigenvalue weighted by molar-refractivity contribution is 6.31. The van der Waals surface area contributed by atoms with Gasteiger partial charge < -0.3 is 9.72 Å². The van der Waals surface area contributed by atoms with Gasteiger partial charge in [-0.1, -0.05) is 36.7 Å². The molecule has 1 aliphatic rings. The number of hydrogen-bond acceptors (Lipinski definition) is 6. The van der Waals surface area contributed by atoms with E-state index in [0.29, 0.717) is 42.3 Å². The lowest BCUT2D eigenvalue weighted by Crippen LogP contribution is -2.36. The number of halogens is 1. The maximum atomic E-state index is 12.6. The van der Waals surface area contributed by atoms with E-state index in [4.69, 9.17) is 16.3 Å². The van der Waals surface area contributed by atoms with E-state index in [0.717, 1.165) is 30.0 Å². The number of rotatable bonds is 6. The van der Waals surface area contributed by atoms with E-state index in [1.807, 2.05) is 30.3 Å². The lowest BCUT2D eigenvalue weighted by Gasteiger charge is -2.27. The minimum absolute atomic E-state index is 0.0996. The summed E-state index contributed by atoms with van der Waals surface area (Å²) in [6.07, 6.45) is 2.34. The van der Waals surface area contributed by atoms with Gasteiger partial charge in [-0.05, 0) is 18.6 Å². The number of carbonyl (C=O) groups excluding carboxylic acids is 1. The third-order valence-corrected chi connectivity index (χ3v) is 5.75. The summed E-state index contributed by atoms with van der Waals surface area (Å²) in [7, 11) is 1.32. The number of aromatic amines is 1. The van der Waals surface area contributed by atoms with Crippen molar-refractivity contribution in [2.24, 2.45) is 0 Å². The van der Waals surface area contributed by atoms with Gasteiger partial charge in [0, 0.05) is 38.0 Å². The summed E-state index contributed by atoms with van der Waals surface area (Å²) in [6, 6.07) is 9.36. The molecule has 8 nitrogen and oxygen atoms in total. The Morgan fingerprint density at radius 1 is 1.29 bits per heavy atom. The van der Waals surface area contributed by atoms with Gasteiger partial charge >= 0.3 is 5.97 Å². The van der Waals surface area contributed by atoms with Crippen LogP contribution in [0.25, 0.3) is 5.69 Å². The zero-order valence-corrected chi connectivity index (χ0v) is 18.3. The van der Waals surface area contributed by atoms with Gasteiger partial charge in [0.25, 0.3) is 5.56 Å². The number of nitrogens with zero attached hydrogens (tertiary/aromatic N) is 4. The molecule has 1 N–H and O–H groups in total. The van der Waals surface area contributed by atoms with Crippen LogP contribution in [-0.4, -0.2) is 44.3 Å². The monoisotopic (exact) mass is 441 g/mol. The fraction of sp³-hybridized carbons (Fsp3) is 0.364. The number of ether oxygens (including phenoxy) is 1. The molecule has 0 atom stereocenters. The lowest BCUT2D eigenvalue weighted by atomic mass is 10.1. The van der Waals surface area contributed by atoms with Crippen LogP contribution in [-0.2, 0) is 30.7 Å². The molecule has 2 aromatic heterocycles. The predicted molar refractivity (Wildman–Crippen MR) is 117 cm³/mol. The first-order valence-electron chi connectivity index (χ1n) is 10.3. The fourth-order valence-corrected chi connectivity index (χ4v) is 4.10. The molecule has 0 aliphatic carbocycles. The van der Waals surface area contributed by atoms with Crippen molar-refractivity contribution in [2.45, 2.75) is 39.3 Å². The van der Waals surface area contributed by atoms with Crippen molar-refractivity contribution in [3.63, 3.8) is 0 Å². The van der Waals surface area contributed by atoms with E-state index in [1.165, 1.54) is 11.8 Å². The molecule has 0 saturated carbocycles. The molecule has 0 amide bonds. The second-order valence-corrected chi connectivity index (χ2v) is 7.86. The van der Waals surface area contributed by atoms with Gasteiger partial charge in [0.2, 0.25) is 0 Å². The molecule has 1 aliphatic heterocycles. The molecule has 162 valence electrons. The summed E-state index contributed by atoms with van der Waals surface area (Å²) in [5, 5.41) is 4.76. The van der Waals surface area contributed by atoms with Crippen LogP contribution in [0, 0.1) is 0 Å². The van der Waals surface area contributed by atoms with E-state index in [2.05, 4.69) is 26.9 Å². The number of H-pyrrole nitrogens is 1. The largest absolute Gasteiger partial charge is 0.464 e. The van der Waals surface area contributed by atoms with E-state index in [-0.39, 0.29) is 11.3 Å². The van der Waals surface area contributed by atoms with Gasteiger partial charge in [-0.15, -0.1) is 0 Å². The predicted octanol–water partition coefficient (Wildman–Crippen LogP) is 2.91.